The summed E-state index contributed by atoms with van der Waals surface area (Å²) >= 11 is 0. The van der Waals surface area contributed by atoms with Crippen LogP contribution in [0.15, 0.2) is 30.9 Å². The van der Waals surface area contributed by atoms with Crippen LogP contribution >= 0.6 is 0 Å². The van der Waals surface area contributed by atoms with Crippen LogP contribution in [0.1, 0.15) is 31.2 Å². The van der Waals surface area contributed by atoms with Gasteiger partial charge in [-0.15, -0.1) is 0 Å². The number of rotatable bonds is 7. The number of carbonyl (C=O) groups is 1. The first-order valence-electron chi connectivity index (χ1n) is 8.52. The van der Waals surface area contributed by atoms with Crippen molar-refractivity contribution in [3.8, 4) is 0 Å². The minimum atomic E-state index is 0.233. The number of anilines is 1. The topological polar surface area (TPSA) is 75.9 Å². The van der Waals surface area contributed by atoms with Gasteiger partial charge in [-0.2, -0.15) is 5.10 Å². The maximum absolute atomic E-state index is 12.5. The lowest BCUT2D eigenvalue weighted by Crippen LogP contribution is -2.38. The third-order valence-electron chi connectivity index (χ3n) is 4.27. The zero-order valence-corrected chi connectivity index (χ0v) is 14.1. The Labute approximate surface area is 142 Å². The van der Waals surface area contributed by atoms with Gasteiger partial charge in [-0.1, -0.05) is 0 Å². The molecule has 1 aliphatic heterocycles. The molecule has 0 radical (unpaired) electrons. The van der Waals surface area contributed by atoms with Gasteiger partial charge in [-0.25, -0.2) is 9.97 Å². The van der Waals surface area contributed by atoms with Gasteiger partial charge in [0.25, 0.3) is 0 Å². The molecule has 7 heteroatoms. The van der Waals surface area contributed by atoms with Gasteiger partial charge in [0.15, 0.2) is 0 Å². The Hall–Kier alpha value is -2.44. The second kappa shape index (κ2) is 7.90. The highest BCUT2D eigenvalue weighted by Crippen LogP contribution is 2.20. The Morgan fingerprint density at radius 2 is 2.21 bits per heavy atom. The summed E-state index contributed by atoms with van der Waals surface area (Å²) in [4.78, 5) is 22.7. The first-order valence-corrected chi connectivity index (χ1v) is 8.52. The molecule has 3 rings (SSSR count). The SMILES string of the molecule is Cc1cnn(CC2CCCN2C(=O)CCCNc2ncccn2)c1. The Morgan fingerprint density at radius 1 is 1.38 bits per heavy atom. The second-order valence-corrected chi connectivity index (χ2v) is 6.23. The third-order valence-corrected chi connectivity index (χ3v) is 4.27. The van der Waals surface area contributed by atoms with Gasteiger partial charge in [0.05, 0.1) is 18.8 Å². The summed E-state index contributed by atoms with van der Waals surface area (Å²) in [5.41, 5.74) is 1.15. The molecule has 1 unspecified atom stereocenters. The number of nitrogens with zero attached hydrogens (tertiary/aromatic N) is 5. The van der Waals surface area contributed by atoms with E-state index in [1.165, 1.54) is 0 Å². The van der Waals surface area contributed by atoms with Crippen molar-refractivity contribution in [1.29, 1.82) is 0 Å². The Morgan fingerprint density at radius 3 is 2.96 bits per heavy atom. The van der Waals surface area contributed by atoms with Crippen molar-refractivity contribution in [2.75, 3.05) is 18.4 Å². The molecule has 2 aromatic heterocycles. The summed E-state index contributed by atoms with van der Waals surface area (Å²) in [6, 6.07) is 2.05. The fraction of sp³-hybridized carbons (Fsp3) is 0.529. The molecule has 0 aromatic carbocycles. The largest absolute Gasteiger partial charge is 0.354 e. The Bertz CT molecular complexity index is 656. The predicted octanol–water partition coefficient (Wildman–Crippen LogP) is 1.86. The van der Waals surface area contributed by atoms with Gasteiger partial charge < -0.3 is 10.2 Å². The summed E-state index contributed by atoms with van der Waals surface area (Å²) in [5.74, 6) is 0.843. The average Bonchev–Trinajstić information content (AvgIpc) is 3.22. The molecule has 2 aromatic rings. The minimum Gasteiger partial charge on any atom is -0.354 e. The second-order valence-electron chi connectivity index (χ2n) is 6.23. The van der Waals surface area contributed by atoms with E-state index < -0.39 is 0 Å². The van der Waals surface area contributed by atoms with E-state index in [1.807, 2.05) is 28.9 Å². The number of hydrogen-bond donors (Lipinski definition) is 1. The first-order chi connectivity index (χ1) is 11.7. The van der Waals surface area contributed by atoms with E-state index in [0.717, 1.165) is 37.9 Å². The van der Waals surface area contributed by atoms with Crippen LogP contribution in [-0.4, -0.2) is 49.7 Å². The number of likely N-dealkylation sites (tertiary alicyclic amines) is 1. The number of nitrogens with one attached hydrogen (secondary N) is 1. The fourth-order valence-corrected chi connectivity index (χ4v) is 3.11. The highest BCUT2D eigenvalue weighted by molar-refractivity contribution is 5.76. The van der Waals surface area contributed by atoms with Crippen molar-refractivity contribution in [3.63, 3.8) is 0 Å². The number of aromatic nitrogens is 4. The van der Waals surface area contributed by atoms with Gasteiger partial charge in [-0.3, -0.25) is 9.48 Å². The van der Waals surface area contributed by atoms with Crippen LogP contribution < -0.4 is 5.32 Å². The van der Waals surface area contributed by atoms with Gasteiger partial charge in [0.1, 0.15) is 0 Å². The summed E-state index contributed by atoms with van der Waals surface area (Å²) in [6.07, 6.45) is 10.8. The minimum absolute atomic E-state index is 0.233. The molecule has 0 aliphatic carbocycles. The van der Waals surface area contributed by atoms with Crippen molar-refractivity contribution in [2.45, 2.75) is 45.2 Å². The molecule has 1 saturated heterocycles. The van der Waals surface area contributed by atoms with E-state index in [-0.39, 0.29) is 11.9 Å². The van der Waals surface area contributed by atoms with Crippen molar-refractivity contribution < 1.29 is 4.79 Å². The van der Waals surface area contributed by atoms with E-state index in [1.54, 1.807) is 18.5 Å². The summed E-state index contributed by atoms with van der Waals surface area (Å²) in [5, 5.41) is 7.47. The average molecular weight is 328 g/mol. The fourth-order valence-electron chi connectivity index (χ4n) is 3.11. The molecular formula is C17H24N6O. The number of aryl methyl sites for hydroxylation is 1. The lowest BCUT2D eigenvalue weighted by Gasteiger charge is -2.24. The maximum atomic E-state index is 12.5. The van der Waals surface area contributed by atoms with E-state index in [9.17, 15) is 4.79 Å². The van der Waals surface area contributed by atoms with Crippen molar-refractivity contribution in [3.05, 3.63) is 36.4 Å². The summed E-state index contributed by atoms with van der Waals surface area (Å²) in [6.45, 7) is 4.38. The van der Waals surface area contributed by atoms with Crippen LogP contribution in [0.2, 0.25) is 0 Å². The lowest BCUT2D eigenvalue weighted by atomic mass is 10.2. The van der Waals surface area contributed by atoms with Crippen LogP contribution in [0, 0.1) is 6.92 Å². The number of amides is 1. The standard InChI is InChI=1S/C17H24N6O/c1-14-11-21-22(12-14)13-15-5-3-10-23(15)16(24)6-2-7-18-17-19-8-4-9-20-17/h4,8-9,11-12,15H,2-3,5-7,10,13H2,1H3,(H,18,19,20). The molecule has 0 spiro atoms. The van der Waals surface area contributed by atoms with Gasteiger partial charge in [0.2, 0.25) is 11.9 Å². The number of carbonyl (C=O) groups excluding carboxylic acids is 1. The van der Waals surface area contributed by atoms with Crippen molar-refractivity contribution in [1.82, 2.24) is 24.6 Å². The Kier molecular flexibility index (Phi) is 5.40. The highest BCUT2D eigenvalue weighted by Gasteiger charge is 2.28. The van der Waals surface area contributed by atoms with Gasteiger partial charge in [-0.05, 0) is 37.8 Å². The van der Waals surface area contributed by atoms with E-state index in [2.05, 4.69) is 20.4 Å². The van der Waals surface area contributed by atoms with E-state index in [0.29, 0.717) is 18.9 Å². The smallest absolute Gasteiger partial charge is 0.222 e. The Balaban J connectivity index is 1.43. The molecule has 24 heavy (non-hydrogen) atoms. The predicted molar refractivity (Wildman–Crippen MR) is 91.5 cm³/mol. The molecule has 128 valence electrons. The molecule has 3 heterocycles. The van der Waals surface area contributed by atoms with Gasteiger partial charge in [0, 0.05) is 38.1 Å². The lowest BCUT2D eigenvalue weighted by molar-refractivity contribution is -0.132. The zero-order chi connectivity index (χ0) is 16.8. The van der Waals surface area contributed by atoms with Crippen LogP contribution in [0.3, 0.4) is 0 Å². The molecule has 1 aliphatic rings. The molecule has 7 nitrogen and oxygen atoms in total. The number of hydrogen-bond acceptors (Lipinski definition) is 5. The maximum Gasteiger partial charge on any atom is 0.222 e. The van der Waals surface area contributed by atoms with Crippen LogP contribution in [-0.2, 0) is 11.3 Å². The summed E-state index contributed by atoms with van der Waals surface area (Å²) < 4.78 is 1.94. The highest BCUT2D eigenvalue weighted by atomic mass is 16.2. The quantitative estimate of drug-likeness (QED) is 0.785. The van der Waals surface area contributed by atoms with Crippen LogP contribution in [0.5, 0.6) is 0 Å². The monoisotopic (exact) mass is 328 g/mol. The van der Waals surface area contributed by atoms with Crippen molar-refractivity contribution >= 4 is 11.9 Å². The zero-order valence-electron chi connectivity index (χ0n) is 14.1. The summed E-state index contributed by atoms with van der Waals surface area (Å²) in [7, 11) is 0. The molecular weight excluding hydrogens is 304 g/mol. The van der Waals surface area contributed by atoms with E-state index >= 15 is 0 Å². The van der Waals surface area contributed by atoms with Crippen LogP contribution in [0.25, 0.3) is 0 Å². The molecule has 1 atom stereocenters. The molecule has 1 amide bonds. The van der Waals surface area contributed by atoms with Gasteiger partial charge >= 0.3 is 0 Å². The molecule has 1 N–H and O–H groups in total. The first kappa shape index (κ1) is 16.4. The van der Waals surface area contributed by atoms with E-state index in [4.69, 9.17) is 0 Å². The molecule has 0 saturated carbocycles. The molecule has 1 fully saturated rings. The molecule has 0 bridgehead atoms. The normalized spacial score (nSPS) is 17.2. The van der Waals surface area contributed by atoms with Crippen molar-refractivity contribution in [2.24, 2.45) is 0 Å². The third kappa shape index (κ3) is 4.31. The van der Waals surface area contributed by atoms with Crippen LogP contribution in [0.4, 0.5) is 5.95 Å².